The molecule has 1 aromatic carbocycles. The molecule has 2 aromatic rings. The largest absolute Gasteiger partial charge is 0.472 e. The fourth-order valence-corrected chi connectivity index (χ4v) is 1.67. The molecule has 2 rings (SSSR count). The highest BCUT2D eigenvalue weighted by Crippen LogP contribution is 2.12. The molecule has 0 atom stereocenters. The van der Waals surface area contributed by atoms with Crippen LogP contribution in [0.1, 0.15) is 15.9 Å². The van der Waals surface area contributed by atoms with Crippen molar-refractivity contribution in [1.82, 2.24) is 0 Å². The van der Waals surface area contributed by atoms with Gasteiger partial charge in [0, 0.05) is 12.1 Å². The summed E-state index contributed by atoms with van der Waals surface area (Å²) in [5.74, 6) is -0.203. The van der Waals surface area contributed by atoms with Crippen LogP contribution in [-0.2, 0) is 6.42 Å². The summed E-state index contributed by atoms with van der Waals surface area (Å²) in [5, 5.41) is 2.76. The van der Waals surface area contributed by atoms with Crippen LogP contribution in [0.2, 0.25) is 0 Å². The lowest BCUT2D eigenvalue weighted by Gasteiger charge is -2.05. The number of hydrogen-bond acceptors (Lipinski definition) is 3. The maximum atomic E-state index is 11.7. The van der Waals surface area contributed by atoms with Gasteiger partial charge in [0.1, 0.15) is 6.26 Å². The van der Waals surface area contributed by atoms with E-state index in [9.17, 15) is 4.79 Å². The average Bonchev–Trinajstić information content (AvgIpc) is 2.84. The molecule has 1 heterocycles. The molecular formula is C13H12N2O2S. The molecule has 1 aromatic heterocycles. The van der Waals surface area contributed by atoms with Crippen LogP contribution in [0.15, 0.2) is 47.3 Å². The van der Waals surface area contributed by atoms with E-state index in [1.807, 2.05) is 24.3 Å². The van der Waals surface area contributed by atoms with Gasteiger partial charge in [-0.25, -0.2) is 0 Å². The molecule has 0 bridgehead atoms. The predicted molar refractivity (Wildman–Crippen MR) is 73.6 cm³/mol. The first-order valence-electron chi connectivity index (χ1n) is 5.36. The van der Waals surface area contributed by atoms with Gasteiger partial charge in [0.05, 0.1) is 16.8 Å². The Balaban J connectivity index is 2.02. The van der Waals surface area contributed by atoms with Gasteiger partial charge in [0.2, 0.25) is 0 Å². The normalized spacial score (nSPS) is 10.0. The average molecular weight is 260 g/mol. The third-order valence-electron chi connectivity index (χ3n) is 2.37. The van der Waals surface area contributed by atoms with Gasteiger partial charge in [0.15, 0.2) is 0 Å². The maximum Gasteiger partial charge on any atom is 0.258 e. The van der Waals surface area contributed by atoms with Crippen LogP contribution in [-0.4, -0.2) is 10.9 Å². The van der Waals surface area contributed by atoms with E-state index < -0.39 is 0 Å². The highest BCUT2D eigenvalue weighted by Gasteiger charge is 2.06. The Bertz CT molecular complexity index is 547. The third-order valence-corrected chi connectivity index (χ3v) is 2.52. The van der Waals surface area contributed by atoms with E-state index in [1.54, 1.807) is 6.07 Å². The quantitative estimate of drug-likeness (QED) is 0.828. The second-order valence-corrected chi connectivity index (χ2v) is 4.33. The monoisotopic (exact) mass is 260 g/mol. The first-order valence-corrected chi connectivity index (χ1v) is 5.77. The Labute approximate surface area is 110 Å². The summed E-state index contributed by atoms with van der Waals surface area (Å²) in [5.41, 5.74) is 7.68. The Hall–Kier alpha value is -2.14. The van der Waals surface area contributed by atoms with Crippen LogP contribution in [0.3, 0.4) is 0 Å². The first-order chi connectivity index (χ1) is 8.65. The number of rotatable bonds is 4. The van der Waals surface area contributed by atoms with Crippen molar-refractivity contribution in [3.8, 4) is 0 Å². The topological polar surface area (TPSA) is 68.3 Å². The van der Waals surface area contributed by atoms with E-state index in [-0.39, 0.29) is 5.91 Å². The van der Waals surface area contributed by atoms with Crippen molar-refractivity contribution in [2.24, 2.45) is 5.73 Å². The molecule has 5 heteroatoms. The van der Waals surface area contributed by atoms with Gasteiger partial charge in [-0.3, -0.25) is 4.79 Å². The number of carbonyl (C=O) groups excluding carboxylic acids is 1. The zero-order valence-corrected chi connectivity index (χ0v) is 10.4. The molecule has 0 aliphatic carbocycles. The summed E-state index contributed by atoms with van der Waals surface area (Å²) in [6.07, 6.45) is 3.42. The lowest BCUT2D eigenvalue weighted by Crippen LogP contribution is -2.12. The van der Waals surface area contributed by atoms with Crippen LogP contribution in [0.25, 0.3) is 0 Å². The summed E-state index contributed by atoms with van der Waals surface area (Å²) in [6.45, 7) is 0. The molecule has 0 radical (unpaired) electrons. The number of amides is 1. The second kappa shape index (κ2) is 5.46. The third kappa shape index (κ3) is 3.18. The highest BCUT2D eigenvalue weighted by atomic mass is 32.1. The van der Waals surface area contributed by atoms with Crippen LogP contribution in [0, 0.1) is 0 Å². The second-order valence-electron chi connectivity index (χ2n) is 3.81. The molecule has 0 aliphatic heterocycles. The number of benzene rings is 1. The summed E-state index contributed by atoms with van der Waals surface area (Å²) in [6, 6.07) is 8.99. The summed E-state index contributed by atoms with van der Waals surface area (Å²) in [4.78, 5) is 12.2. The van der Waals surface area contributed by atoms with E-state index in [0.29, 0.717) is 22.7 Å². The van der Waals surface area contributed by atoms with Gasteiger partial charge in [-0.2, -0.15) is 0 Å². The zero-order valence-electron chi connectivity index (χ0n) is 9.55. The van der Waals surface area contributed by atoms with E-state index in [2.05, 4.69) is 5.32 Å². The SMILES string of the molecule is NC(=S)Cc1ccc(NC(=O)c2ccoc2)cc1. The lowest BCUT2D eigenvalue weighted by molar-refractivity contribution is 0.102. The molecule has 0 saturated carbocycles. The molecule has 0 aliphatic rings. The first kappa shape index (κ1) is 12.3. The molecule has 1 amide bonds. The molecule has 92 valence electrons. The highest BCUT2D eigenvalue weighted by molar-refractivity contribution is 7.80. The van der Waals surface area contributed by atoms with Gasteiger partial charge in [-0.05, 0) is 23.8 Å². The van der Waals surface area contributed by atoms with Crippen molar-refractivity contribution in [3.63, 3.8) is 0 Å². The summed E-state index contributed by atoms with van der Waals surface area (Å²) >= 11 is 4.83. The van der Waals surface area contributed by atoms with Crippen molar-refractivity contribution in [1.29, 1.82) is 0 Å². The van der Waals surface area contributed by atoms with Gasteiger partial charge in [-0.1, -0.05) is 24.4 Å². The molecular weight excluding hydrogens is 248 g/mol. The van der Waals surface area contributed by atoms with Crippen LogP contribution >= 0.6 is 12.2 Å². The fourth-order valence-electron chi connectivity index (χ4n) is 1.50. The van der Waals surface area contributed by atoms with Gasteiger partial charge in [-0.15, -0.1) is 0 Å². The number of nitrogens with one attached hydrogen (secondary N) is 1. The Morgan fingerprint density at radius 2 is 2.00 bits per heavy atom. The summed E-state index contributed by atoms with van der Waals surface area (Å²) < 4.78 is 4.85. The molecule has 4 nitrogen and oxygen atoms in total. The minimum Gasteiger partial charge on any atom is -0.472 e. The van der Waals surface area contributed by atoms with E-state index in [0.717, 1.165) is 5.56 Å². The number of hydrogen-bond donors (Lipinski definition) is 2. The molecule has 0 spiro atoms. The number of nitrogens with two attached hydrogens (primary N) is 1. The van der Waals surface area contributed by atoms with Crippen molar-refractivity contribution in [2.45, 2.75) is 6.42 Å². The van der Waals surface area contributed by atoms with E-state index in [4.69, 9.17) is 22.4 Å². The lowest BCUT2D eigenvalue weighted by atomic mass is 10.1. The minimum absolute atomic E-state index is 0.203. The van der Waals surface area contributed by atoms with Crippen LogP contribution in [0.4, 0.5) is 5.69 Å². The van der Waals surface area contributed by atoms with Crippen molar-refractivity contribution in [2.75, 3.05) is 5.32 Å². The van der Waals surface area contributed by atoms with Gasteiger partial charge in [0.25, 0.3) is 5.91 Å². The fraction of sp³-hybridized carbons (Fsp3) is 0.0769. The Morgan fingerprint density at radius 1 is 1.28 bits per heavy atom. The van der Waals surface area contributed by atoms with Crippen molar-refractivity contribution >= 4 is 28.8 Å². The molecule has 0 unspecified atom stereocenters. The number of anilines is 1. The predicted octanol–water partition coefficient (Wildman–Crippen LogP) is 2.36. The standard InChI is InChI=1S/C13H12N2O2S/c14-12(18)7-9-1-3-11(4-2-9)15-13(16)10-5-6-17-8-10/h1-6,8H,7H2,(H2,14,18)(H,15,16). The Kier molecular flexibility index (Phi) is 3.74. The molecule has 0 fully saturated rings. The molecule has 3 N–H and O–H groups in total. The molecule has 0 saturated heterocycles. The van der Waals surface area contributed by atoms with Gasteiger partial charge < -0.3 is 15.5 Å². The van der Waals surface area contributed by atoms with Gasteiger partial charge >= 0.3 is 0 Å². The number of thiocarbonyl (C=S) groups is 1. The van der Waals surface area contributed by atoms with Crippen LogP contribution in [0.5, 0.6) is 0 Å². The zero-order chi connectivity index (χ0) is 13.0. The maximum absolute atomic E-state index is 11.7. The Morgan fingerprint density at radius 3 is 2.56 bits per heavy atom. The van der Waals surface area contributed by atoms with E-state index in [1.165, 1.54) is 12.5 Å². The molecule has 18 heavy (non-hydrogen) atoms. The number of carbonyl (C=O) groups is 1. The smallest absolute Gasteiger partial charge is 0.258 e. The minimum atomic E-state index is -0.203. The summed E-state index contributed by atoms with van der Waals surface area (Å²) in [7, 11) is 0. The van der Waals surface area contributed by atoms with Crippen molar-refractivity contribution in [3.05, 3.63) is 54.0 Å². The van der Waals surface area contributed by atoms with Crippen LogP contribution < -0.4 is 11.1 Å². The number of furan rings is 1. The van der Waals surface area contributed by atoms with E-state index >= 15 is 0 Å². The van der Waals surface area contributed by atoms with Crippen molar-refractivity contribution < 1.29 is 9.21 Å².